The van der Waals surface area contributed by atoms with Crippen molar-refractivity contribution in [3.05, 3.63) is 108 Å². The summed E-state index contributed by atoms with van der Waals surface area (Å²) in [5, 5.41) is 26.4. The van der Waals surface area contributed by atoms with Crippen molar-refractivity contribution in [2.75, 3.05) is 16.4 Å². The van der Waals surface area contributed by atoms with Crippen LogP contribution in [-0.2, 0) is 9.53 Å². The van der Waals surface area contributed by atoms with Gasteiger partial charge in [-0.05, 0) is 66.8 Å². The van der Waals surface area contributed by atoms with Crippen LogP contribution < -0.4 is 16.4 Å². The van der Waals surface area contributed by atoms with Gasteiger partial charge in [-0.3, -0.25) is 10.1 Å². The van der Waals surface area contributed by atoms with Crippen molar-refractivity contribution >= 4 is 39.8 Å². The lowest BCUT2D eigenvalue weighted by molar-refractivity contribution is -0.111. The Balaban J connectivity index is 1.54. The molecule has 2 amide bonds. The molecule has 8 nitrogen and oxygen atoms in total. The Bertz CT molecular complexity index is 1620. The molecule has 0 spiro atoms. The number of para-hydroxylation sites is 2. The van der Waals surface area contributed by atoms with Gasteiger partial charge in [0, 0.05) is 22.1 Å². The summed E-state index contributed by atoms with van der Waals surface area (Å²) in [5.41, 5.74) is 8.08. The van der Waals surface area contributed by atoms with Crippen molar-refractivity contribution in [3.63, 3.8) is 0 Å². The number of aromatic hydroxyl groups is 1. The fourth-order valence-electron chi connectivity index (χ4n) is 4.62. The van der Waals surface area contributed by atoms with E-state index in [9.17, 15) is 14.7 Å². The van der Waals surface area contributed by atoms with Crippen molar-refractivity contribution in [2.24, 2.45) is 5.41 Å². The molecule has 0 fully saturated rings. The van der Waals surface area contributed by atoms with Gasteiger partial charge in [0.2, 0.25) is 5.91 Å². The zero-order chi connectivity index (χ0) is 29.4. The normalized spacial score (nSPS) is 12.0. The number of fused-ring (bicyclic) bond motifs is 1. The molecule has 0 heterocycles. The smallest absolute Gasteiger partial charge is 0.412 e. The number of hydrogen-bond donors (Lipinski definition) is 4. The molecule has 0 aliphatic rings. The van der Waals surface area contributed by atoms with Gasteiger partial charge in [-0.1, -0.05) is 62.4 Å². The highest BCUT2D eigenvalue weighted by atomic mass is 16.6. The van der Waals surface area contributed by atoms with Crippen LogP contribution >= 0.6 is 0 Å². The predicted molar refractivity (Wildman–Crippen MR) is 161 cm³/mol. The first kappa shape index (κ1) is 28.7. The molecule has 0 saturated carbocycles. The number of allylic oxidation sites excluding steroid dienone is 1. The third-order valence-electron chi connectivity index (χ3n) is 6.86. The second-order valence-corrected chi connectivity index (χ2v) is 10.3. The first-order valence-electron chi connectivity index (χ1n) is 13.2. The standard InChI is InChI=1S/C33H32N4O4/c1-33(2,20-8-7-13-30(39)37-28-12-6-5-11-27(28)35)31(26-18-19-29(38)25-10-4-3-9-24(25)26)41-32(40)36-23-16-14-22(21-34)15-17-23/h3-7,9-19,31,38H,8,20,35H2,1-2H3,(H,36,40)(H,37,39)/b13-7+/t31-/m1/s1. The summed E-state index contributed by atoms with van der Waals surface area (Å²) in [6, 6.07) is 26.3. The van der Waals surface area contributed by atoms with Crippen LogP contribution in [0.1, 0.15) is 43.9 Å². The highest BCUT2D eigenvalue weighted by Gasteiger charge is 2.35. The van der Waals surface area contributed by atoms with Gasteiger partial charge < -0.3 is 20.9 Å². The Hall–Kier alpha value is -5.29. The average molecular weight is 549 g/mol. The number of nitrogens with zero attached hydrogens (tertiary/aromatic N) is 1. The Labute approximate surface area is 239 Å². The Morgan fingerprint density at radius 2 is 1.66 bits per heavy atom. The number of phenols is 1. The van der Waals surface area contributed by atoms with Gasteiger partial charge in [-0.25, -0.2) is 4.79 Å². The van der Waals surface area contributed by atoms with Gasteiger partial charge in [0.15, 0.2) is 0 Å². The van der Waals surface area contributed by atoms with Crippen LogP contribution in [0.15, 0.2) is 97.1 Å². The lowest BCUT2D eigenvalue weighted by atomic mass is 9.77. The van der Waals surface area contributed by atoms with Crippen LogP contribution in [-0.4, -0.2) is 17.1 Å². The largest absolute Gasteiger partial charge is 0.507 e. The molecule has 4 rings (SSSR count). The number of carbonyl (C=O) groups is 2. The number of nitrogen functional groups attached to an aromatic ring is 1. The zero-order valence-electron chi connectivity index (χ0n) is 22.9. The summed E-state index contributed by atoms with van der Waals surface area (Å²) in [7, 11) is 0. The lowest BCUT2D eigenvalue weighted by Gasteiger charge is -2.35. The van der Waals surface area contributed by atoms with Gasteiger partial charge in [0.1, 0.15) is 11.9 Å². The summed E-state index contributed by atoms with van der Waals surface area (Å²) in [4.78, 5) is 25.5. The van der Waals surface area contributed by atoms with E-state index in [0.29, 0.717) is 40.9 Å². The quantitative estimate of drug-likeness (QED) is 0.128. The molecule has 0 unspecified atom stereocenters. The maximum absolute atomic E-state index is 13.1. The molecule has 0 saturated heterocycles. The van der Waals surface area contributed by atoms with Gasteiger partial charge in [0.25, 0.3) is 0 Å². The van der Waals surface area contributed by atoms with Crippen LogP contribution in [0.5, 0.6) is 5.75 Å². The second-order valence-electron chi connectivity index (χ2n) is 10.3. The number of hydrogen-bond acceptors (Lipinski definition) is 6. The van der Waals surface area contributed by atoms with Crippen molar-refractivity contribution in [3.8, 4) is 11.8 Å². The van der Waals surface area contributed by atoms with Gasteiger partial charge in [-0.2, -0.15) is 5.26 Å². The number of nitrogens with one attached hydrogen (secondary N) is 2. The van der Waals surface area contributed by atoms with E-state index in [0.717, 1.165) is 10.9 Å². The molecule has 0 aliphatic heterocycles. The first-order chi connectivity index (χ1) is 19.7. The highest BCUT2D eigenvalue weighted by molar-refractivity contribution is 6.01. The van der Waals surface area contributed by atoms with E-state index in [1.165, 1.54) is 6.08 Å². The average Bonchev–Trinajstić information content (AvgIpc) is 2.96. The topological polar surface area (TPSA) is 137 Å². The number of nitriles is 1. The molecule has 208 valence electrons. The van der Waals surface area contributed by atoms with E-state index in [4.69, 9.17) is 15.7 Å². The minimum atomic E-state index is -0.697. The van der Waals surface area contributed by atoms with Crippen molar-refractivity contribution in [2.45, 2.75) is 32.8 Å². The lowest BCUT2D eigenvalue weighted by Crippen LogP contribution is -2.29. The van der Waals surface area contributed by atoms with E-state index < -0.39 is 17.6 Å². The molecular formula is C33H32N4O4. The van der Waals surface area contributed by atoms with Crippen LogP contribution in [0.3, 0.4) is 0 Å². The van der Waals surface area contributed by atoms with Gasteiger partial charge in [-0.15, -0.1) is 0 Å². The summed E-state index contributed by atoms with van der Waals surface area (Å²) in [5.74, 6) is -0.157. The Morgan fingerprint density at radius 1 is 0.976 bits per heavy atom. The molecule has 0 radical (unpaired) electrons. The van der Waals surface area contributed by atoms with Crippen LogP contribution in [0.4, 0.5) is 21.9 Å². The number of rotatable bonds is 9. The van der Waals surface area contributed by atoms with Gasteiger partial charge >= 0.3 is 6.09 Å². The second kappa shape index (κ2) is 12.7. The van der Waals surface area contributed by atoms with E-state index in [2.05, 4.69) is 10.6 Å². The third kappa shape index (κ3) is 7.22. The third-order valence-corrected chi connectivity index (χ3v) is 6.86. The Morgan fingerprint density at radius 3 is 2.37 bits per heavy atom. The fourth-order valence-corrected chi connectivity index (χ4v) is 4.62. The van der Waals surface area contributed by atoms with Crippen LogP contribution in [0, 0.1) is 16.7 Å². The van der Waals surface area contributed by atoms with Gasteiger partial charge in [0.05, 0.1) is 23.0 Å². The molecule has 41 heavy (non-hydrogen) atoms. The zero-order valence-corrected chi connectivity index (χ0v) is 22.9. The number of benzene rings is 4. The summed E-state index contributed by atoms with van der Waals surface area (Å²) < 4.78 is 6.07. The van der Waals surface area contributed by atoms with E-state index in [-0.39, 0.29) is 11.7 Å². The summed E-state index contributed by atoms with van der Waals surface area (Å²) in [6.07, 6.45) is 3.01. The molecule has 1 atom stereocenters. The predicted octanol–water partition coefficient (Wildman–Crippen LogP) is 7.29. The number of phenolic OH excluding ortho intramolecular Hbond substituents is 1. The molecule has 0 aliphatic carbocycles. The number of nitrogens with two attached hydrogens (primary N) is 1. The molecule has 0 aromatic heterocycles. The Kier molecular flexibility index (Phi) is 8.90. The summed E-state index contributed by atoms with van der Waals surface area (Å²) >= 11 is 0. The highest BCUT2D eigenvalue weighted by Crippen LogP contribution is 2.44. The SMILES string of the molecule is CC(C)(CC/C=C/C(=O)Nc1ccccc1N)[C@H](OC(=O)Nc1ccc(C#N)cc1)c1ccc(O)c2ccccc12. The molecule has 4 aromatic carbocycles. The van der Waals surface area contributed by atoms with Crippen LogP contribution in [0.2, 0.25) is 0 Å². The maximum atomic E-state index is 13.1. The molecule has 4 aromatic rings. The number of ether oxygens (including phenoxy) is 1. The number of anilines is 3. The molecule has 8 heteroatoms. The van der Waals surface area contributed by atoms with E-state index >= 15 is 0 Å². The minimum absolute atomic E-state index is 0.135. The molecular weight excluding hydrogens is 516 g/mol. The maximum Gasteiger partial charge on any atom is 0.412 e. The minimum Gasteiger partial charge on any atom is -0.507 e. The van der Waals surface area contributed by atoms with E-state index in [1.54, 1.807) is 66.7 Å². The van der Waals surface area contributed by atoms with Crippen LogP contribution in [0.25, 0.3) is 10.8 Å². The molecule has 5 N–H and O–H groups in total. The van der Waals surface area contributed by atoms with Crippen molar-refractivity contribution < 1.29 is 19.4 Å². The fraction of sp³-hybridized carbons (Fsp3) is 0.182. The van der Waals surface area contributed by atoms with Crippen molar-refractivity contribution in [1.29, 1.82) is 5.26 Å². The monoisotopic (exact) mass is 548 g/mol. The molecule has 0 bridgehead atoms. The first-order valence-corrected chi connectivity index (χ1v) is 13.2. The summed E-state index contributed by atoms with van der Waals surface area (Å²) in [6.45, 7) is 3.99. The van der Waals surface area contributed by atoms with E-state index in [1.807, 2.05) is 44.2 Å². The number of amides is 2. The number of carbonyl (C=O) groups excluding carboxylic acids is 2. The van der Waals surface area contributed by atoms with Crippen molar-refractivity contribution in [1.82, 2.24) is 0 Å².